The van der Waals surface area contributed by atoms with Gasteiger partial charge in [0.25, 0.3) is 0 Å². The first kappa shape index (κ1) is 9.00. The maximum atomic E-state index is 12.6. The van der Waals surface area contributed by atoms with Gasteiger partial charge in [0, 0.05) is 0 Å². The Hall–Kier alpha value is -1.09. The van der Waals surface area contributed by atoms with Gasteiger partial charge in [0.2, 0.25) is 0 Å². The largest absolute Gasteiger partial charge is 0.478 e. The normalized spacial score (nSPS) is 9.92. The van der Waals surface area contributed by atoms with Gasteiger partial charge in [-0.15, -0.1) is 0 Å². The number of carbonyl (C=O) groups is 1. The molecule has 0 aliphatic heterocycles. The van der Waals surface area contributed by atoms with Crippen LogP contribution in [0.15, 0.2) is 12.1 Å². The summed E-state index contributed by atoms with van der Waals surface area (Å²) < 4.78 is 12.6. The van der Waals surface area contributed by atoms with E-state index in [1.54, 1.807) is 0 Å². The Morgan fingerprint density at radius 1 is 1.58 bits per heavy atom. The molecule has 1 aromatic rings. The molecule has 0 spiro atoms. The van der Waals surface area contributed by atoms with Crippen molar-refractivity contribution in [2.45, 2.75) is 6.92 Å². The molecule has 1 aromatic carbocycles. The van der Waals surface area contributed by atoms with Gasteiger partial charge in [-0.25, -0.2) is 9.18 Å². The lowest BCUT2D eigenvalue weighted by Gasteiger charge is -2.02. The second kappa shape index (κ2) is 3.11. The third-order valence-corrected chi connectivity index (χ3v) is 1.76. The maximum absolute atomic E-state index is 12.6. The number of aryl methyl sites for hydroxylation is 1. The zero-order chi connectivity index (χ0) is 9.30. The second-order valence-electron chi connectivity index (χ2n) is 2.38. The minimum atomic E-state index is -1.14. The fourth-order valence-electron chi connectivity index (χ4n) is 0.973. The van der Waals surface area contributed by atoms with Crippen LogP contribution in [0.3, 0.4) is 0 Å². The molecule has 1 rings (SSSR count). The topological polar surface area (TPSA) is 37.3 Å². The molecule has 0 radical (unpaired) electrons. The molecular formula is C8H6ClFO2. The van der Waals surface area contributed by atoms with E-state index in [-0.39, 0.29) is 10.6 Å². The fraction of sp³-hybridized carbons (Fsp3) is 0.125. The molecule has 0 atom stereocenters. The van der Waals surface area contributed by atoms with E-state index < -0.39 is 11.8 Å². The summed E-state index contributed by atoms with van der Waals surface area (Å²) in [6.07, 6.45) is 0. The van der Waals surface area contributed by atoms with Crippen LogP contribution in [0, 0.1) is 12.7 Å². The van der Waals surface area contributed by atoms with Crippen molar-refractivity contribution < 1.29 is 14.3 Å². The molecule has 0 heterocycles. The van der Waals surface area contributed by atoms with E-state index in [2.05, 4.69) is 0 Å². The molecule has 12 heavy (non-hydrogen) atoms. The molecule has 0 unspecified atom stereocenters. The Balaban J connectivity index is 3.38. The summed E-state index contributed by atoms with van der Waals surface area (Å²) in [5.41, 5.74) is 0.283. The molecule has 0 bridgehead atoms. The van der Waals surface area contributed by atoms with Crippen molar-refractivity contribution in [2.24, 2.45) is 0 Å². The van der Waals surface area contributed by atoms with Gasteiger partial charge < -0.3 is 5.11 Å². The van der Waals surface area contributed by atoms with E-state index in [0.717, 1.165) is 12.1 Å². The average molecular weight is 189 g/mol. The molecule has 0 saturated heterocycles. The number of hydrogen-bond acceptors (Lipinski definition) is 1. The molecular weight excluding hydrogens is 183 g/mol. The van der Waals surface area contributed by atoms with Gasteiger partial charge in [-0.1, -0.05) is 11.6 Å². The van der Waals surface area contributed by atoms with Gasteiger partial charge >= 0.3 is 5.97 Å². The number of benzene rings is 1. The van der Waals surface area contributed by atoms with E-state index in [9.17, 15) is 9.18 Å². The van der Waals surface area contributed by atoms with E-state index in [1.165, 1.54) is 6.92 Å². The highest BCUT2D eigenvalue weighted by Gasteiger charge is 2.12. The van der Waals surface area contributed by atoms with Gasteiger partial charge in [0.15, 0.2) is 0 Å². The minimum absolute atomic E-state index is 0.0435. The van der Waals surface area contributed by atoms with Crippen LogP contribution in [-0.2, 0) is 0 Å². The molecule has 0 aromatic heterocycles. The van der Waals surface area contributed by atoms with Crippen molar-refractivity contribution in [3.63, 3.8) is 0 Å². The highest BCUT2D eigenvalue weighted by molar-refractivity contribution is 6.33. The van der Waals surface area contributed by atoms with Crippen LogP contribution >= 0.6 is 11.6 Å². The van der Waals surface area contributed by atoms with Gasteiger partial charge in [-0.05, 0) is 24.6 Å². The van der Waals surface area contributed by atoms with Gasteiger partial charge in [0.05, 0.1) is 10.6 Å². The summed E-state index contributed by atoms with van der Waals surface area (Å²) in [4.78, 5) is 10.5. The predicted molar refractivity (Wildman–Crippen MR) is 43.1 cm³/mol. The third-order valence-electron chi connectivity index (χ3n) is 1.47. The standard InChI is InChI=1S/C8H6ClFO2/c1-4-2-5(10)3-6(9)7(4)8(11)12/h2-3H,1H3,(H,11,12). The van der Waals surface area contributed by atoms with Crippen LogP contribution in [0.5, 0.6) is 0 Å². The van der Waals surface area contributed by atoms with Crippen molar-refractivity contribution >= 4 is 17.6 Å². The number of carboxylic acids is 1. The molecule has 0 amide bonds. The van der Waals surface area contributed by atoms with E-state index >= 15 is 0 Å². The number of hydrogen-bond donors (Lipinski definition) is 1. The van der Waals surface area contributed by atoms with Crippen molar-refractivity contribution in [1.82, 2.24) is 0 Å². The molecule has 4 heteroatoms. The monoisotopic (exact) mass is 188 g/mol. The smallest absolute Gasteiger partial charge is 0.337 e. The maximum Gasteiger partial charge on any atom is 0.337 e. The molecule has 0 saturated carbocycles. The molecule has 0 fully saturated rings. The van der Waals surface area contributed by atoms with Crippen molar-refractivity contribution in [3.8, 4) is 0 Å². The summed E-state index contributed by atoms with van der Waals surface area (Å²) in [5, 5.41) is 8.56. The lowest BCUT2D eigenvalue weighted by Crippen LogP contribution is -2.01. The summed E-state index contributed by atoms with van der Waals surface area (Å²) in [5.74, 6) is -1.67. The molecule has 2 nitrogen and oxygen atoms in total. The zero-order valence-electron chi connectivity index (χ0n) is 6.27. The van der Waals surface area contributed by atoms with Crippen molar-refractivity contribution in [1.29, 1.82) is 0 Å². The highest BCUT2D eigenvalue weighted by Crippen LogP contribution is 2.21. The third kappa shape index (κ3) is 1.56. The Bertz CT molecular complexity index is 313. The number of carboxylic acid groups (broad SMARTS) is 1. The zero-order valence-corrected chi connectivity index (χ0v) is 7.02. The van der Waals surface area contributed by atoms with Gasteiger partial charge in [0.1, 0.15) is 5.82 Å². The quantitative estimate of drug-likeness (QED) is 0.735. The van der Waals surface area contributed by atoms with Crippen molar-refractivity contribution in [2.75, 3.05) is 0 Å². The first-order valence-electron chi connectivity index (χ1n) is 3.21. The first-order chi connectivity index (χ1) is 5.52. The van der Waals surface area contributed by atoms with E-state index in [1.807, 2.05) is 0 Å². The highest BCUT2D eigenvalue weighted by atomic mass is 35.5. The van der Waals surface area contributed by atoms with Crippen LogP contribution in [0.1, 0.15) is 15.9 Å². The average Bonchev–Trinajstić information content (AvgIpc) is 1.82. The Labute approximate surface area is 73.6 Å². The molecule has 0 aliphatic rings. The van der Waals surface area contributed by atoms with Crippen LogP contribution < -0.4 is 0 Å². The predicted octanol–water partition coefficient (Wildman–Crippen LogP) is 2.49. The number of rotatable bonds is 1. The fourth-order valence-corrected chi connectivity index (χ4v) is 1.31. The van der Waals surface area contributed by atoms with E-state index in [0.29, 0.717) is 5.56 Å². The summed E-state index contributed by atoms with van der Waals surface area (Å²) in [6, 6.07) is 2.12. The molecule has 0 aliphatic carbocycles. The lowest BCUT2D eigenvalue weighted by molar-refractivity contribution is 0.0696. The number of halogens is 2. The number of aromatic carboxylic acids is 1. The van der Waals surface area contributed by atoms with Gasteiger partial charge in [-0.2, -0.15) is 0 Å². The lowest BCUT2D eigenvalue weighted by atomic mass is 10.1. The second-order valence-corrected chi connectivity index (χ2v) is 2.79. The SMILES string of the molecule is Cc1cc(F)cc(Cl)c1C(=O)O. The Morgan fingerprint density at radius 2 is 2.17 bits per heavy atom. The minimum Gasteiger partial charge on any atom is -0.478 e. The summed E-state index contributed by atoms with van der Waals surface area (Å²) in [7, 11) is 0. The Kier molecular flexibility index (Phi) is 2.33. The van der Waals surface area contributed by atoms with Gasteiger partial charge in [-0.3, -0.25) is 0 Å². The van der Waals surface area contributed by atoms with Crippen molar-refractivity contribution in [3.05, 3.63) is 34.1 Å². The van der Waals surface area contributed by atoms with Crippen LogP contribution in [-0.4, -0.2) is 11.1 Å². The van der Waals surface area contributed by atoms with Crippen LogP contribution in [0.25, 0.3) is 0 Å². The molecule has 1 N–H and O–H groups in total. The van der Waals surface area contributed by atoms with E-state index in [4.69, 9.17) is 16.7 Å². The first-order valence-corrected chi connectivity index (χ1v) is 3.59. The summed E-state index contributed by atoms with van der Waals surface area (Å²) in [6.45, 7) is 1.50. The van der Waals surface area contributed by atoms with Crippen LogP contribution in [0.4, 0.5) is 4.39 Å². The Morgan fingerprint density at radius 3 is 2.58 bits per heavy atom. The molecule has 64 valence electrons. The van der Waals surface area contributed by atoms with Crippen LogP contribution in [0.2, 0.25) is 5.02 Å². The summed E-state index contributed by atoms with van der Waals surface area (Å²) >= 11 is 5.51.